The molecule has 0 aliphatic carbocycles. The number of alkyl carbamates (subject to hydrolysis) is 1. The molecule has 0 spiro atoms. The van der Waals surface area contributed by atoms with Crippen molar-refractivity contribution in [2.24, 2.45) is 0 Å². The molecule has 0 radical (unpaired) electrons. The number of aromatic nitrogens is 1. The molecule has 0 saturated heterocycles. The number of hydrogen-bond acceptors (Lipinski definition) is 4. The SMILES string of the molecule is CCOC(=O)C(NC(=O)OCc1ccccc1)c1c[nH]c2ccc(Br)cc12. The fourth-order valence-electron chi connectivity index (χ4n) is 2.73. The molecule has 1 heterocycles. The van der Waals surface area contributed by atoms with Crippen molar-refractivity contribution in [3.63, 3.8) is 0 Å². The minimum atomic E-state index is -0.976. The molecule has 0 aliphatic heterocycles. The van der Waals surface area contributed by atoms with Crippen molar-refractivity contribution in [2.45, 2.75) is 19.6 Å². The zero-order valence-electron chi connectivity index (χ0n) is 14.7. The smallest absolute Gasteiger partial charge is 0.408 e. The van der Waals surface area contributed by atoms with Gasteiger partial charge in [-0.15, -0.1) is 0 Å². The number of fused-ring (bicyclic) bond motifs is 1. The number of nitrogens with one attached hydrogen (secondary N) is 2. The average molecular weight is 431 g/mol. The van der Waals surface area contributed by atoms with Crippen molar-refractivity contribution in [1.29, 1.82) is 0 Å². The molecule has 1 amide bonds. The number of hydrogen-bond donors (Lipinski definition) is 2. The third-order valence-electron chi connectivity index (χ3n) is 3.98. The van der Waals surface area contributed by atoms with Gasteiger partial charge in [-0.1, -0.05) is 46.3 Å². The molecule has 1 atom stereocenters. The molecule has 1 unspecified atom stereocenters. The van der Waals surface area contributed by atoms with Gasteiger partial charge in [0.15, 0.2) is 6.04 Å². The van der Waals surface area contributed by atoms with Crippen LogP contribution in [0.1, 0.15) is 24.1 Å². The van der Waals surface area contributed by atoms with Crippen LogP contribution in [0, 0.1) is 0 Å². The van der Waals surface area contributed by atoms with E-state index in [-0.39, 0.29) is 13.2 Å². The Hall–Kier alpha value is -2.80. The molecule has 3 aromatic rings. The van der Waals surface area contributed by atoms with Gasteiger partial charge >= 0.3 is 12.1 Å². The summed E-state index contributed by atoms with van der Waals surface area (Å²) in [7, 11) is 0. The van der Waals surface area contributed by atoms with Crippen molar-refractivity contribution in [2.75, 3.05) is 6.61 Å². The van der Waals surface area contributed by atoms with Gasteiger partial charge in [-0.25, -0.2) is 9.59 Å². The van der Waals surface area contributed by atoms with Crippen LogP contribution in [0.5, 0.6) is 0 Å². The first-order valence-electron chi connectivity index (χ1n) is 8.49. The average Bonchev–Trinajstić information content (AvgIpc) is 3.08. The quantitative estimate of drug-likeness (QED) is 0.565. The van der Waals surface area contributed by atoms with Crippen LogP contribution in [0.4, 0.5) is 4.79 Å². The lowest BCUT2D eigenvalue weighted by Crippen LogP contribution is -2.35. The Labute approximate surface area is 165 Å². The summed E-state index contributed by atoms with van der Waals surface area (Å²) in [6.45, 7) is 2.04. The molecule has 1 aromatic heterocycles. The third kappa shape index (κ3) is 4.68. The summed E-state index contributed by atoms with van der Waals surface area (Å²) in [5.74, 6) is -0.546. The first-order valence-corrected chi connectivity index (χ1v) is 9.28. The predicted octanol–water partition coefficient (Wildman–Crippen LogP) is 4.46. The summed E-state index contributed by atoms with van der Waals surface area (Å²) in [6.07, 6.45) is 0.997. The van der Waals surface area contributed by atoms with Crippen molar-refractivity contribution in [3.8, 4) is 0 Å². The van der Waals surface area contributed by atoms with Crippen molar-refractivity contribution in [1.82, 2.24) is 10.3 Å². The second kappa shape index (κ2) is 8.73. The molecule has 0 saturated carbocycles. The highest BCUT2D eigenvalue weighted by Crippen LogP contribution is 2.28. The molecular formula is C20H19BrN2O4. The molecular weight excluding hydrogens is 412 g/mol. The van der Waals surface area contributed by atoms with Gasteiger partial charge in [0.05, 0.1) is 6.61 Å². The monoisotopic (exact) mass is 430 g/mol. The fraction of sp³-hybridized carbons (Fsp3) is 0.200. The highest BCUT2D eigenvalue weighted by molar-refractivity contribution is 9.10. The number of ether oxygens (including phenoxy) is 2. The van der Waals surface area contributed by atoms with Crippen LogP contribution in [-0.4, -0.2) is 23.7 Å². The Bertz CT molecular complexity index is 940. The molecule has 0 aliphatic rings. The number of carbonyl (C=O) groups excluding carboxylic acids is 2. The number of aromatic amines is 1. The first-order chi connectivity index (χ1) is 13.1. The van der Waals surface area contributed by atoms with Gasteiger partial charge in [-0.2, -0.15) is 0 Å². The highest BCUT2D eigenvalue weighted by Gasteiger charge is 2.27. The molecule has 27 heavy (non-hydrogen) atoms. The number of rotatable bonds is 6. The van der Waals surface area contributed by atoms with Crippen LogP contribution in [0.3, 0.4) is 0 Å². The van der Waals surface area contributed by atoms with Crippen LogP contribution >= 0.6 is 15.9 Å². The van der Waals surface area contributed by atoms with E-state index in [1.54, 1.807) is 13.1 Å². The Morgan fingerprint density at radius 2 is 1.93 bits per heavy atom. The van der Waals surface area contributed by atoms with E-state index >= 15 is 0 Å². The summed E-state index contributed by atoms with van der Waals surface area (Å²) < 4.78 is 11.2. The molecule has 7 heteroatoms. The number of benzene rings is 2. The zero-order valence-corrected chi connectivity index (χ0v) is 16.3. The van der Waals surface area contributed by atoms with E-state index in [0.29, 0.717) is 5.56 Å². The lowest BCUT2D eigenvalue weighted by atomic mass is 10.1. The van der Waals surface area contributed by atoms with Gasteiger partial charge in [0, 0.05) is 27.1 Å². The number of esters is 1. The number of amides is 1. The van der Waals surface area contributed by atoms with Crippen LogP contribution in [0.15, 0.2) is 59.2 Å². The molecule has 0 fully saturated rings. The Kier molecular flexibility index (Phi) is 6.13. The molecule has 0 bridgehead atoms. The van der Waals surface area contributed by atoms with Gasteiger partial charge in [-0.3, -0.25) is 0 Å². The fourth-order valence-corrected chi connectivity index (χ4v) is 3.09. The predicted molar refractivity (Wildman–Crippen MR) is 105 cm³/mol. The van der Waals surface area contributed by atoms with Gasteiger partial charge in [0.25, 0.3) is 0 Å². The summed E-state index contributed by atoms with van der Waals surface area (Å²) in [6, 6.07) is 14.0. The van der Waals surface area contributed by atoms with Gasteiger partial charge in [-0.05, 0) is 30.7 Å². The van der Waals surface area contributed by atoms with E-state index in [4.69, 9.17) is 9.47 Å². The van der Waals surface area contributed by atoms with Crippen molar-refractivity contribution in [3.05, 3.63) is 70.3 Å². The minimum Gasteiger partial charge on any atom is -0.464 e. The summed E-state index contributed by atoms with van der Waals surface area (Å²) in [5, 5.41) is 3.43. The number of halogens is 1. The van der Waals surface area contributed by atoms with E-state index in [2.05, 4.69) is 26.2 Å². The molecule has 6 nitrogen and oxygen atoms in total. The Morgan fingerprint density at radius 1 is 1.15 bits per heavy atom. The van der Waals surface area contributed by atoms with Crippen molar-refractivity contribution < 1.29 is 19.1 Å². The van der Waals surface area contributed by atoms with Crippen LogP contribution in [-0.2, 0) is 20.9 Å². The van der Waals surface area contributed by atoms with E-state index in [1.807, 2.05) is 48.5 Å². The Morgan fingerprint density at radius 3 is 2.67 bits per heavy atom. The number of carbonyl (C=O) groups is 2. The van der Waals surface area contributed by atoms with Crippen LogP contribution in [0.25, 0.3) is 10.9 Å². The largest absolute Gasteiger partial charge is 0.464 e. The maximum absolute atomic E-state index is 12.5. The van der Waals surface area contributed by atoms with Gasteiger partial charge < -0.3 is 19.8 Å². The molecule has 2 aromatic carbocycles. The lowest BCUT2D eigenvalue weighted by Gasteiger charge is -2.17. The lowest BCUT2D eigenvalue weighted by molar-refractivity contribution is -0.145. The maximum Gasteiger partial charge on any atom is 0.408 e. The van der Waals surface area contributed by atoms with Gasteiger partial charge in [0.2, 0.25) is 0 Å². The standard InChI is InChI=1S/C20H19BrN2O4/c1-2-26-19(24)18(16-11-22-17-9-8-14(21)10-15(16)17)23-20(25)27-12-13-6-4-3-5-7-13/h3-11,18,22H,2,12H2,1H3,(H,23,25). The summed E-state index contributed by atoms with van der Waals surface area (Å²) >= 11 is 3.43. The van der Waals surface area contributed by atoms with E-state index in [9.17, 15) is 9.59 Å². The normalized spacial score (nSPS) is 11.8. The Balaban J connectivity index is 1.79. The second-order valence-electron chi connectivity index (χ2n) is 5.83. The summed E-state index contributed by atoms with van der Waals surface area (Å²) in [5.41, 5.74) is 2.32. The second-order valence-corrected chi connectivity index (χ2v) is 6.74. The number of H-pyrrole nitrogens is 1. The highest BCUT2D eigenvalue weighted by atomic mass is 79.9. The molecule has 2 N–H and O–H groups in total. The van der Waals surface area contributed by atoms with E-state index < -0.39 is 18.1 Å². The van der Waals surface area contributed by atoms with E-state index in [1.165, 1.54) is 0 Å². The van der Waals surface area contributed by atoms with Crippen LogP contribution in [0.2, 0.25) is 0 Å². The van der Waals surface area contributed by atoms with E-state index in [0.717, 1.165) is 20.9 Å². The maximum atomic E-state index is 12.5. The molecule has 3 rings (SSSR count). The zero-order chi connectivity index (χ0) is 19.2. The first kappa shape index (κ1) is 19.0. The van der Waals surface area contributed by atoms with Crippen LogP contribution < -0.4 is 5.32 Å². The molecule has 140 valence electrons. The summed E-state index contributed by atoms with van der Waals surface area (Å²) in [4.78, 5) is 27.8. The minimum absolute atomic E-state index is 0.113. The topological polar surface area (TPSA) is 80.4 Å². The third-order valence-corrected chi connectivity index (χ3v) is 4.48. The van der Waals surface area contributed by atoms with Gasteiger partial charge in [0.1, 0.15) is 6.61 Å². The van der Waals surface area contributed by atoms with Crippen molar-refractivity contribution >= 4 is 38.9 Å².